The van der Waals surface area contributed by atoms with Gasteiger partial charge in [0.15, 0.2) is 5.78 Å². The summed E-state index contributed by atoms with van der Waals surface area (Å²) in [5.41, 5.74) is 3.67. The number of carbonyl (C=O) groups is 1. The van der Waals surface area contributed by atoms with Crippen LogP contribution in [0, 0.1) is 41.4 Å². The fourth-order valence-electron chi connectivity index (χ4n) is 8.12. The largest absolute Gasteiger partial charge is 0.294 e. The van der Waals surface area contributed by atoms with Gasteiger partial charge in [0.2, 0.25) is 0 Å². The van der Waals surface area contributed by atoms with E-state index in [-0.39, 0.29) is 5.41 Å². The monoisotopic (exact) mass is 394 g/mol. The zero-order valence-corrected chi connectivity index (χ0v) is 18.8. The normalized spacial score (nSPS) is 43.2. The third-order valence-electron chi connectivity index (χ3n) is 9.86. The summed E-state index contributed by atoms with van der Waals surface area (Å²) in [6.07, 6.45) is 16.2. The van der Waals surface area contributed by atoms with Crippen molar-refractivity contribution in [1.29, 1.82) is 0 Å². The minimum Gasteiger partial charge on any atom is -0.294 e. The summed E-state index contributed by atoms with van der Waals surface area (Å²) in [7, 11) is 0. The zero-order chi connectivity index (χ0) is 20.4. The number of allylic oxidation sites excluding steroid dienone is 1. The van der Waals surface area contributed by atoms with Crippen molar-refractivity contribution in [3.05, 3.63) is 23.0 Å². The molecule has 0 saturated heterocycles. The second-order valence-corrected chi connectivity index (χ2v) is 11.1. The van der Waals surface area contributed by atoms with Gasteiger partial charge in [0.1, 0.15) is 0 Å². The number of aryl methyl sites for hydroxylation is 2. The van der Waals surface area contributed by atoms with E-state index in [2.05, 4.69) is 45.1 Å². The summed E-state index contributed by atoms with van der Waals surface area (Å²) in [6, 6.07) is 0. The standard InChI is InChI=1S/C26H38N2O/c1-5-28-16-19(17(2)27-28)14-18-15-23-21-10-9-20-8-6-7-12-25(20,3)22(21)11-13-26(23,4)24(18)29/h14,16,20-23H,5-13,15H2,1-4H3/b18-14+/t20-,21+,22-,23-,25+,26-/m1/s1. The molecule has 0 aliphatic heterocycles. The van der Waals surface area contributed by atoms with E-state index in [9.17, 15) is 4.79 Å². The first-order chi connectivity index (χ1) is 13.9. The summed E-state index contributed by atoms with van der Waals surface area (Å²) < 4.78 is 1.98. The lowest BCUT2D eigenvalue weighted by atomic mass is 9.45. The summed E-state index contributed by atoms with van der Waals surface area (Å²) in [6.45, 7) is 9.97. The Morgan fingerprint density at radius 2 is 1.97 bits per heavy atom. The molecule has 4 fully saturated rings. The highest BCUT2D eigenvalue weighted by atomic mass is 16.1. The second kappa shape index (κ2) is 6.82. The Morgan fingerprint density at radius 3 is 2.72 bits per heavy atom. The predicted octanol–water partition coefficient (Wildman–Crippen LogP) is 6.21. The quantitative estimate of drug-likeness (QED) is 0.559. The van der Waals surface area contributed by atoms with Crippen molar-refractivity contribution < 1.29 is 4.79 Å². The van der Waals surface area contributed by atoms with E-state index in [1.807, 2.05) is 4.68 Å². The smallest absolute Gasteiger partial charge is 0.165 e. The van der Waals surface area contributed by atoms with Gasteiger partial charge in [-0.05, 0) is 99.5 Å². The van der Waals surface area contributed by atoms with Gasteiger partial charge >= 0.3 is 0 Å². The molecule has 0 radical (unpaired) electrons. The van der Waals surface area contributed by atoms with Crippen molar-refractivity contribution in [3.63, 3.8) is 0 Å². The molecule has 0 N–H and O–H groups in total. The van der Waals surface area contributed by atoms with Gasteiger partial charge in [0.25, 0.3) is 0 Å². The maximum Gasteiger partial charge on any atom is 0.165 e. The van der Waals surface area contributed by atoms with E-state index < -0.39 is 0 Å². The van der Waals surface area contributed by atoms with Crippen LogP contribution in [0.15, 0.2) is 11.8 Å². The van der Waals surface area contributed by atoms with Gasteiger partial charge in [-0.25, -0.2) is 0 Å². The first-order valence-corrected chi connectivity index (χ1v) is 12.2. The topological polar surface area (TPSA) is 34.9 Å². The summed E-state index contributed by atoms with van der Waals surface area (Å²) in [4.78, 5) is 13.6. The fourth-order valence-corrected chi connectivity index (χ4v) is 8.12. The van der Waals surface area contributed by atoms with E-state index in [1.165, 1.54) is 44.9 Å². The number of rotatable bonds is 2. The molecule has 0 bridgehead atoms. The number of ketones is 1. The van der Waals surface area contributed by atoms with E-state index in [0.717, 1.165) is 54.0 Å². The van der Waals surface area contributed by atoms with E-state index in [1.54, 1.807) is 0 Å². The highest BCUT2D eigenvalue weighted by Gasteiger charge is 2.60. The number of Topliss-reactive ketones (excluding diaryl/α,β-unsaturated/α-hetero) is 1. The molecule has 0 aromatic carbocycles. The van der Waals surface area contributed by atoms with Crippen molar-refractivity contribution in [1.82, 2.24) is 9.78 Å². The molecular weight excluding hydrogens is 356 g/mol. The molecule has 3 heteroatoms. The fraction of sp³-hybridized carbons (Fsp3) is 0.769. The number of carbonyl (C=O) groups excluding carboxylic acids is 1. The van der Waals surface area contributed by atoms with Crippen LogP contribution < -0.4 is 0 Å². The van der Waals surface area contributed by atoms with Crippen molar-refractivity contribution in [2.24, 2.45) is 34.5 Å². The number of aromatic nitrogens is 2. The van der Waals surface area contributed by atoms with Crippen LogP contribution in [-0.2, 0) is 11.3 Å². The molecule has 4 aliphatic rings. The summed E-state index contributed by atoms with van der Waals surface area (Å²) in [5, 5.41) is 4.58. The molecule has 5 rings (SSSR count). The molecule has 4 saturated carbocycles. The molecule has 0 spiro atoms. The Morgan fingerprint density at radius 1 is 1.14 bits per heavy atom. The minimum absolute atomic E-state index is 0.125. The molecule has 4 aliphatic carbocycles. The Hall–Kier alpha value is -1.38. The van der Waals surface area contributed by atoms with E-state index >= 15 is 0 Å². The lowest BCUT2D eigenvalue weighted by Crippen LogP contribution is -2.52. The molecule has 1 heterocycles. The van der Waals surface area contributed by atoms with Crippen LogP contribution in [0.3, 0.4) is 0 Å². The number of hydrogen-bond donors (Lipinski definition) is 0. The SMILES string of the molecule is CCn1cc(/C=C2\C[C@@H]3[C@H]4CC[C@H]5CCCC[C@]5(C)[C@@H]4CC[C@@]3(C)C2=O)c(C)n1. The third-order valence-corrected chi connectivity index (χ3v) is 9.86. The van der Waals surface area contributed by atoms with Crippen molar-refractivity contribution in [3.8, 4) is 0 Å². The predicted molar refractivity (Wildman–Crippen MR) is 117 cm³/mol. The number of fused-ring (bicyclic) bond motifs is 5. The molecule has 1 aromatic heterocycles. The zero-order valence-electron chi connectivity index (χ0n) is 18.8. The maximum absolute atomic E-state index is 13.6. The lowest BCUT2D eigenvalue weighted by molar-refractivity contribution is -0.137. The minimum atomic E-state index is -0.125. The molecule has 1 aromatic rings. The van der Waals surface area contributed by atoms with E-state index in [4.69, 9.17) is 0 Å². The highest BCUT2D eigenvalue weighted by Crippen LogP contribution is 2.66. The van der Waals surface area contributed by atoms with Crippen molar-refractivity contribution in [2.45, 2.75) is 92.0 Å². The Bertz CT molecular complexity index is 851. The molecule has 6 atom stereocenters. The van der Waals surface area contributed by atoms with Gasteiger partial charge in [-0.3, -0.25) is 9.48 Å². The van der Waals surface area contributed by atoms with Crippen molar-refractivity contribution >= 4 is 11.9 Å². The van der Waals surface area contributed by atoms with Crippen LogP contribution in [0.2, 0.25) is 0 Å². The van der Waals surface area contributed by atoms with Gasteiger partial charge in [0, 0.05) is 23.7 Å². The van der Waals surface area contributed by atoms with Crippen molar-refractivity contribution in [2.75, 3.05) is 0 Å². The van der Waals surface area contributed by atoms with Gasteiger partial charge in [0.05, 0.1) is 5.69 Å². The van der Waals surface area contributed by atoms with Crippen LogP contribution >= 0.6 is 0 Å². The first-order valence-electron chi connectivity index (χ1n) is 12.2. The molecule has 3 nitrogen and oxygen atoms in total. The number of nitrogens with zero attached hydrogens (tertiary/aromatic N) is 2. The van der Waals surface area contributed by atoms with Crippen LogP contribution in [-0.4, -0.2) is 15.6 Å². The average molecular weight is 395 g/mol. The Balaban J connectivity index is 1.46. The van der Waals surface area contributed by atoms with Gasteiger partial charge in [-0.1, -0.05) is 26.7 Å². The Labute approximate surface area is 176 Å². The lowest BCUT2D eigenvalue weighted by Gasteiger charge is -2.59. The Kier molecular flexibility index (Phi) is 4.60. The van der Waals surface area contributed by atoms with Gasteiger partial charge < -0.3 is 0 Å². The summed E-state index contributed by atoms with van der Waals surface area (Å²) in [5.74, 6) is 3.54. The third kappa shape index (κ3) is 2.82. The highest BCUT2D eigenvalue weighted by molar-refractivity contribution is 6.06. The maximum atomic E-state index is 13.6. The van der Waals surface area contributed by atoms with Gasteiger partial charge in [-0.2, -0.15) is 5.10 Å². The number of hydrogen-bond acceptors (Lipinski definition) is 2. The van der Waals surface area contributed by atoms with Crippen LogP contribution in [0.25, 0.3) is 6.08 Å². The average Bonchev–Trinajstić information content (AvgIpc) is 3.19. The molecule has 29 heavy (non-hydrogen) atoms. The molecule has 0 amide bonds. The van der Waals surface area contributed by atoms with Crippen LogP contribution in [0.5, 0.6) is 0 Å². The van der Waals surface area contributed by atoms with E-state index in [0.29, 0.717) is 17.1 Å². The van der Waals surface area contributed by atoms with Crippen LogP contribution in [0.4, 0.5) is 0 Å². The second-order valence-electron chi connectivity index (χ2n) is 11.1. The van der Waals surface area contributed by atoms with Gasteiger partial charge in [-0.15, -0.1) is 0 Å². The first kappa shape index (κ1) is 19.6. The van der Waals surface area contributed by atoms with Crippen LogP contribution in [0.1, 0.15) is 89.8 Å². The molecule has 158 valence electrons. The molecular formula is C26H38N2O. The molecule has 0 unspecified atom stereocenters. The summed E-state index contributed by atoms with van der Waals surface area (Å²) >= 11 is 0.